The Hall–Kier alpha value is -1.80. The first-order chi connectivity index (χ1) is 8.72. The van der Waals surface area contributed by atoms with Gasteiger partial charge in [0.15, 0.2) is 0 Å². The minimum atomic E-state index is 0.0888. The molecule has 0 saturated heterocycles. The maximum absolute atomic E-state index is 5.87. The quantitative estimate of drug-likeness (QED) is 0.879. The molecule has 2 heteroatoms. The van der Waals surface area contributed by atoms with Crippen LogP contribution in [0.3, 0.4) is 0 Å². The van der Waals surface area contributed by atoms with Gasteiger partial charge >= 0.3 is 0 Å². The van der Waals surface area contributed by atoms with Crippen LogP contribution in [0.1, 0.15) is 25.5 Å². The summed E-state index contributed by atoms with van der Waals surface area (Å²) < 4.78 is 0. The van der Waals surface area contributed by atoms with Gasteiger partial charge in [0.1, 0.15) is 0 Å². The highest BCUT2D eigenvalue weighted by atomic mass is 15.1. The Morgan fingerprint density at radius 2 is 1.50 bits per heavy atom. The average Bonchev–Trinajstić information content (AvgIpc) is 2.41. The molecule has 0 aliphatic carbocycles. The largest absolute Gasteiger partial charge is 0.342 e. The lowest BCUT2D eigenvalue weighted by molar-refractivity contribution is 0.818. The van der Waals surface area contributed by atoms with Gasteiger partial charge in [-0.25, -0.2) is 0 Å². The van der Waals surface area contributed by atoms with E-state index in [-0.39, 0.29) is 6.04 Å². The molecule has 2 N–H and O–H groups in total. The number of anilines is 2. The highest BCUT2D eigenvalue weighted by Crippen LogP contribution is 2.25. The summed E-state index contributed by atoms with van der Waals surface area (Å²) in [4.78, 5) is 2.28. The van der Waals surface area contributed by atoms with Gasteiger partial charge in [-0.05, 0) is 43.7 Å². The van der Waals surface area contributed by atoms with Crippen molar-refractivity contribution >= 4 is 11.4 Å². The zero-order valence-corrected chi connectivity index (χ0v) is 11.0. The van der Waals surface area contributed by atoms with Gasteiger partial charge in [-0.2, -0.15) is 0 Å². The van der Waals surface area contributed by atoms with Crippen LogP contribution in [0.5, 0.6) is 0 Å². The van der Waals surface area contributed by atoms with Crippen LogP contribution in [0, 0.1) is 0 Å². The van der Waals surface area contributed by atoms with Gasteiger partial charge in [-0.15, -0.1) is 0 Å². The molecular weight excluding hydrogens is 220 g/mol. The predicted octanol–water partition coefficient (Wildman–Crippen LogP) is 3.86. The fourth-order valence-corrected chi connectivity index (χ4v) is 2.08. The van der Waals surface area contributed by atoms with Crippen molar-refractivity contribution in [3.05, 3.63) is 60.2 Å². The van der Waals surface area contributed by atoms with Crippen LogP contribution < -0.4 is 10.6 Å². The third kappa shape index (κ3) is 2.71. The second-order valence-corrected chi connectivity index (χ2v) is 4.46. The van der Waals surface area contributed by atoms with E-state index in [0.29, 0.717) is 0 Å². The number of para-hydroxylation sites is 1. The summed E-state index contributed by atoms with van der Waals surface area (Å²) >= 11 is 0. The number of rotatable bonds is 4. The van der Waals surface area contributed by atoms with Crippen LogP contribution in [0.25, 0.3) is 0 Å². The monoisotopic (exact) mass is 240 g/mol. The molecule has 2 rings (SSSR count). The molecular formula is C16H20N2. The molecule has 0 saturated carbocycles. The van der Waals surface area contributed by atoms with Crippen molar-refractivity contribution in [1.82, 2.24) is 0 Å². The van der Waals surface area contributed by atoms with E-state index in [1.165, 1.54) is 16.9 Å². The molecule has 0 heterocycles. The average molecular weight is 240 g/mol. The number of nitrogens with two attached hydrogens (primary N) is 1. The molecule has 94 valence electrons. The molecule has 0 bridgehead atoms. The van der Waals surface area contributed by atoms with Crippen LogP contribution in [0.15, 0.2) is 54.6 Å². The molecule has 0 aromatic heterocycles. The second-order valence-electron chi connectivity index (χ2n) is 4.46. The van der Waals surface area contributed by atoms with E-state index in [0.717, 1.165) is 6.54 Å². The third-order valence-electron chi connectivity index (χ3n) is 3.11. The van der Waals surface area contributed by atoms with Crippen molar-refractivity contribution in [2.75, 3.05) is 11.4 Å². The van der Waals surface area contributed by atoms with Crippen molar-refractivity contribution in [3.8, 4) is 0 Å². The van der Waals surface area contributed by atoms with Crippen LogP contribution in [0.2, 0.25) is 0 Å². The van der Waals surface area contributed by atoms with Crippen LogP contribution in [0.4, 0.5) is 11.4 Å². The maximum atomic E-state index is 5.87. The number of nitrogens with zero attached hydrogens (tertiary/aromatic N) is 1. The first kappa shape index (κ1) is 12.7. The van der Waals surface area contributed by atoms with Gasteiger partial charge < -0.3 is 10.6 Å². The van der Waals surface area contributed by atoms with Crippen LogP contribution >= 0.6 is 0 Å². The lowest BCUT2D eigenvalue weighted by Gasteiger charge is -2.23. The summed E-state index contributed by atoms with van der Waals surface area (Å²) in [6, 6.07) is 19.0. The van der Waals surface area contributed by atoms with E-state index in [1.54, 1.807) is 0 Å². The minimum Gasteiger partial charge on any atom is -0.342 e. The van der Waals surface area contributed by atoms with Crippen molar-refractivity contribution < 1.29 is 0 Å². The van der Waals surface area contributed by atoms with E-state index in [9.17, 15) is 0 Å². The molecule has 0 fully saturated rings. The molecule has 2 aromatic rings. The Balaban J connectivity index is 2.28. The first-order valence-corrected chi connectivity index (χ1v) is 6.40. The highest BCUT2D eigenvalue weighted by Gasteiger charge is 2.07. The molecule has 0 radical (unpaired) electrons. The molecule has 0 unspecified atom stereocenters. The fourth-order valence-electron chi connectivity index (χ4n) is 2.08. The lowest BCUT2D eigenvalue weighted by Crippen LogP contribution is -2.16. The summed E-state index contributed by atoms with van der Waals surface area (Å²) in [7, 11) is 0. The van der Waals surface area contributed by atoms with Gasteiger partial charge in [-0.3, -0.25) is 0 Å². The van der Waals surface area contributed by atoms with E-state index in [4.69, 9.17) is 5.73 Å². The Kier molecular flexibility index (Phi) is 4.00. The Labute approximate surface area is 109 Å². The van der Waals surface area contributed by atoms with Gasteiger partial charge in [0.25, 0.3) is 0 Å². The summed E-state index contributed by atoms with van der Waals surface area (Å²) in [5.74, 6) is 0. The SMILES string of the molecule is CCN(c1ccccc1)c1ccc([C@@H](C)N)cc1. The van der Waals surface area contributed by atoms with Gasteiger partial charge in [0.05, 0.1) is 0 Å². The van der Waals surface area contributed by atoms with E-state index in [2.05, 4.69) is 60.4 Å². The topological polar surface area (TPSA) is 29.3 Å². The van der Waals surface area contributed by atoms with Crippen molar-refractivity contribution in [1.29, 1.82) is 0 Å². The molecule has 0 aliphatic heterocycles. The van der Waals surface area contributed by atoms with Gasteiger partial charge in [0, 0.05) is 24.0 Å². The zero-order valence-electron chi connectivity index (χ0n) is 11.0. The van der Waals surface area contributed by atoms with Crippen molar-refractivity contribution in [2.24, 2.45) is 5.73 Å². The van der Waals surface area contributed by atoms with Crippen molar-refractivity contribution in [3.63, 3.8) is 0 Å². The molecule has 0 aliphatic rings. The molecule has 1 atom stereocenters. The lowest BCUT2D eigenvalue weighted by atomic mass is 10.1. The molecule has 0 amide bonds. The van der Waals surface area contributed by atoms with Gasteiger partial charge in [0.2, 0.25) is 0 Å². The number of hydrogen-bond donors (Lipinski definition) is 1. The summed E-state index contributed by atoms with van der Waals surface area (Å²) in [5.41, 5.74) is 9.46. The van der Waals surface area contributed by atoms with Crippen LogP contribution in [-0.2, 0) is 0 Å². The second kappa shape index (κ2) is 5.69. The van der Waals surface area contributed by atoms with Crippen molar-refractivity contribution in [2.45, 2.75) is 19.9 Å². The third-order valence-corrected chi connectivity index (χ3v) is 3.11. The van der Waals surface area contributed by atoms with E-state index in [1.807, 2.05) is 13.0 Å². The van der Waals surface area contributed by atoms with Gasteiger partial charge in [-0.1, -0.05) is 30.3 Å². The zero-order chi connectivity index (χ0) is 13.0. The highest BCUT2D eigenvalue weighted by molar-refractivity contribution is 5.63. The standard InChI is InChI=1S/C16H20N2/c1-3-18(15-7-5-4-6-8-15)16-11-9-14(10-12-16)13(2)17/h4-13H,3,17H2,1-2H3/t13-/m1/s1. The summed E-state index contributed by atoms with van der Waals surface area (Å²) in [6.07, 6.45) is 0. The molecule has 2 aromatic carbocycles. The first-order valence-electron chi connectivity index (χ1n) is 6.40. The summed E-state index contributed by atoms with van der Waals surface area (Å²) in [6.45, 7) is 5.11. The minimum absolute atomic E-state index is 0.0888. The number of benzene rings is 2. The fraction of sp³-hybridized carbons (Fsp3) is 0.250. The Morgan fingerprint density at radius 3 is 2.00 bits per heavy atom. The normalized spacial score (nSPS) is 12.2. The molecule has 0 spiro atoms. The summed E-state index contributed by atoms with van der Waals surface area (Å²) in [5, 5.41) is 0. The molecule has 18 heavy (non-hydrogen) atoms. The van der Waals surface area contributed by atoms with E-state index >= 15 is 0 Å². The van der Waals surface area contributed by atoms with Crippen LogP contribution in [-0.4, -0.2) is 6.54 Å². The molecule has 2 nitrogen and oxygen atoms in total. The Morgan fingerprint density at radius 1 is 0.944 bits per heavy atom. The maximum Gasteiger partial charge on any atom is 0.0410 e. The Bertz CT molecular complexity index is 474. The number of hydrogen-bond acceptors (Lipinski definition) is 2. The van der Waals surface area contributed by atoms with E-state index < -0.39 is 0 Å². The smallest absolute Gasteiger partial charge is 0.0410 e. The predicted molar refractivity (Wildman–Crippen MR) is 78.2 cm³/mol.